The first-order valence-corrected chi connectivity index (χ1v) is 10.5. The van der Waals surface area contributed by atoms with E-state index in [-0.39, 0.29) is 20.4 Å². The van der Waals surface area contributed by atoms with E-state index in [1.807, 2.05) is 30.5 Å². The van der Waals surface area contributed by atoms with Crippen molar-refractivity contribution in [3.63, 3.8) is 0 Å². The topological polar surface area (TPSA) is 22.1 Å². The molecule has 0 aliphatic heterocycles. The van der Waals surface area contributed by atoms with Crippen LogP contribution in [0.5, 0.6) is 0 Å². The molecule has 4 aromatic rings. The molecule has 0 N–H and O–H groups in total. The Labute approximate surface area is 187 Å². The van der Waals surface area contributed by atoms with Gasteiger partial charge in [0.1, 0.15) is 6.10 Å². The van der Waals surface area contributed by atoms with Crippen LogP contribution < -0.4 is 10.9 Å². The maximum Gasteiger partial charge on any atom is 0.362 e. The molecule has 0 radical (unpaired) electrons. The van der Waals surface area contributed by atoms with Gasteiger partial charge in [-0.05, 0) is 47.5 Å². The number of aryl methyl sites for hydroxylation is 2. The van der Waals surface area contributed by atoms with Crippen molar-refractivity contribution in [3.8, 4) is 0 Å². The van der Waals surface area contributed by atoms with Crippen LogP contribution >= 0.6 is 0 Å². The predicted octanol–water partition coefficient (Wildman–Crippen LogP) is 5.50. The highest BCUT2D eigenvalue weighted by Crippen LogP contribution is 2.25. The highest BCUT2D eigenvalue weighted by molar-refractivity contribution is 6.80. The summed E-state index contributed by atoms with van der Waals surface area (Å²) >= 11 is 0. The van der Waals surface area contributed by atoms with Crippen LogP contribution in [0.3, 0.4) is 0 Å². The van der Waals surface area contributed by atoms with Crippen LogP contribution in [-0.2, 0) is 11.1 Å². The van der Waals surface area contributed by atoms with Gasteiger partial charge in [0.2, 0.25) is 0 Å². The fraction of sp³-hybridized carbons (Fsp3) is 0.179. The zero-order valence-corrected chi connectivity index (χ0v) is 17.5. The van der Waals surface area contributed by atoms with E-state index in [0.29, 0.717) is 0 Å². The van der Waals surface area contributed by atoms with Crippen molar-refractivity contribution in [2.75, 3.05) is 0 Å². The summed E-state index contributed by atoms with van der Waals surface area (Å²) in [5, 5.41) is 0. The van der Waals surface area contributed by atoms with Crippen molar-refractivity contribution in [1.82, 2.24) is 4.98 Å². The van der Waals surface area contributed by atoms with Gasteiger partial charge in [-0.2, -0.15) is 0 Å². The molecule has 0 saturated carbocycles. The standard InChI is InChI=1S/C27H26BNO.CH4/c1-3-22-14-18-25(19-15-22)28(24-9-5-4-6-10-24)30-27(26-11-7-8-20-29-26)23-16-12-21(2)13-17-23;/h4-20,27H,3H2,1-2H3;1H4. The zero-order chi connectivity index (χ0) is 20.8. The van der Waals surface area contributed by atoms with Crippen molar-refractivity contribution < 1.29 is 4.65 Å². The summed E-state index contributed by atoms with van der Waals surface area (Å²) in [6.07, 6.45) is 2.59. The second kappa shape index (κ2) is 10.7. The van der Waals surface area contributed by atoms with Crippen molar-refractivity contribution in [3.05, 3.63) is 126 Å². The van der Waals surface area contributed by atoms with E-state index in [4.69, 9.17) is 4.65 Å². The fourth-order valence-corrected chi connectivity index (χ4v) is 3.63. The van der Waals surface area contributed by atoms with E-state index >= 15 is 0 Å². The predicted molar refractivity (Wildman–Crippen MR) is 132 cm³/mol. The molecule has 0 amide bonds. The molecule has 0 aliphatic carbocycles. The second-order valence-corrected chi connectivity index (χ2v) is 7.57. The first kappa shape index (κ1) is 22.5. The van der Waals surface area contributed by atoms with E-state index < -0.39 is 0 Å². The molecule has 3 aromatic carbocycles. The largest absolute Gasteiger partial charge is 0.414 e. The van der Waals surface area contributed by atoms with Gasteiger partial charge >= 0.3 is 6.92 Å². The van der Waals surface area contributed by atoms with Gasteiger partial charge in [-0.1, -0.05) is 105 Å². The van der Waals surface area contributed by atoms with E-state index in [2.05, 4.69) is 91.6 Å². The average molecular weight is 407 g/mol. The molecule has 2 nitrogen and oxygen atoms in total. The third-order valence-electron chi connectivity index (χ3n) is 5.40. The quantitative estimate of drug-likeness (QED) is 0.378. The lowest BCUT2D eigenvalue weighted by molar-refractivity contribution is 0.253. The van der Waals surface area contributed by atoms with Gasteiger partial charge in [0.15, 0.2) is 0 Å². The number of nitrogens with zero attached hydrogens (tertiary/aromatic N) is 1. The van der Waals surface area contributed by atoms with Gasteiger partial charge in [-0.3, -0.25) is 4.98 Å². The Hall–Kier alpha value is -3.17. The number of pyridine rings is 1. The van der Waals surface area contributed by atoms with E-state index in [1.165, 1.54) is 11.1 Å². The molecule has 31 heavy (non-hydrogen) atoms. The van der Waals surface area contributed by atoms with Crippen molar-refractivity contribution in [2.24, 2.45) is 0 Å². The summed E-state index contributed by atoms with van der Waals surface area (Å²) in [6, 6.07) is 33.7. The SMILES string of the molecule is C.CCc1ccc(B(OC(c2ccc(C)cc2)c2ccccn2)c2ccccc2)cc1. The highest BCUT2D eigenvalue weighted by Gasteiger charge is 2.27. The summed E-state index contributed by atoms with van der Waals surface area (Å²) in [4.78, 5) is 4.62. The third-order valence-corrected chi connectivity index (χ3v) is 5.40. The molecule has 156 valence electrons. The molecule has 0 aliphatic rings. The summed E-state index contributed by atoms with van der Waals surface area (Å²) in [5.41, 5.74) is 6.85. The maximum atomic E-state index is 6.85. The van der Waals surface area contributed by atoms with Crippen molar-refractivity contribution in [1.29, 1.82) is 0 Å². The average Bonchev–Trinajstić information content (AvgIpc) is 2.82. The van der Waals surface area contributed by atoms with Crippen LogP contribution in [0.15, 0.2) is 103 Å². The minimum atomic E-state index is -0.261. The van der Waals surface area contributed by atoms with Crippen molar-refractivity contribution >= 4 is 17.8 Å². The lowest BCUT2D eigenvalue weighted by Gasteiger charge is -2.24. The zero-order valence-electron chi connectivity index (χ0n) is 17.5. The monoisotopic (exact) mass is 407 g/mol. The summed E-state index contributed by atoms with van der Waals surface area (Å²) in [6.45, 7) is 4.09. The number of hydrogen-bond acceptors (Lipinski definition) is 2. The van der Waals surface area contributed by atoms with E-state index in [9.17, 15) is 0 Å². The molecule has 1 aromatic heterocycles. The van der Waals surface area contributed by atoms with Crippen molar-refractivity contribution in [2.45, 2.75) is 33.8 Å². The first-order valence-electron chi connectivity index (χ1n) is 10.5. The Morgan fingerprint density at radius 3 is 2.03 bits per heavy atom. The number of aromatic nitrogens is 1. The summed E-state index contributed by atoms with van der Waals surface area (Å²) < 4.78 is 6.85. The molecule has 1 unspecified atom stereocenters. The lowest BCUT2D eigenvalue weighted by atomic mass is 9.55. The Morgan fingerprint density at radius 1 is 0.774 bits per heavy atom. The minimum Gasteiger partial charge on any atom is -0.414 e. The van der Waals surface area contributed by atoms with Crippen LogP contribution in [-0.4, -0.2) is 11.9 Å². The van der Waals surface area contributed by atoms with Gasteiger partial charge in [-0.15, -0.1) is 0 Å². The molecular weight excluding hydrogens is 377 g/mol. The molecular formula is C28H30BNO. The normalized spacial score (nSPS) is 11.4. The van der Waals surface area contributed by atoms with Gasteiger partial charge in [0.05, 0.1) is 5.69 Å². The Kier molecular flexibility index (Phi) is 7.80. The molecule has 3 heteroatoms. The number of benzene rings is 3. The highest BCUT2D eigenvalue weighted by atomic mass is 16.4. The Balaban J connectivity index is 0.00000272. The first-order chi connectivity index (χ1) is 14.7. The third kappa shape index (κ3) is 5.50. The second-order valence-electron chi connectivity index (χ2n) is 7.57. The number of hydrogen-bond donors (Lipinski definition) is 0. The van der Waals surface area contributed by atoms with E-state index in [0.717, 1.165) is 28.6 Å². The molecule has 0 saturated heterocycles. The Morgan fingerprint density at radius 2 is 1.42 bits per heavy atom. The number of rotatable bonds is 7. The van der Waals surface area contributed by atoms with E-state index in [1.54, 1.807) is 0 Å². The molecule has 1 atom stereocenters. The molecule has 0 spiro atoms. The van der Waals surface area contributed by atoms with Crippen LogP contribution in [0.2, 0.25) is 0 Å². The molecule has 1 heterocycles. The smallest absolute Gasteiger partial charge is 0.362 e. The van der Waals surface area contributed by atoms with Crippen LogP contribution in [0, 0.1) is 6.92 Å². The fourth-order valence-electron chi connectivity index (χ4n) is 3.63. The van der Waals surface area contributed by atoms with Gasteiger partial charge in [-0.25, -0.2) is 0 Å². The van der Waals surface area contributed by atoms with Gasteiger partial charge < -0.3 is 4.65 Å². The Bertz CT molecular complexity index is 1050. The van der Waals surface area contributed by atoms with Gasteiger partial charge in [0.25, 0.3) is 0 Å². The summed E-state index contributed by atoms with van der Waals surface area (Å²) in [5.74, 6) is 0. The lowest BCUT2D eigenvalue weighted by Crippen LogP contribution is -2.46. The molecule has 0 bridgehead atoms. The molecule has 0 fully saturated rings. The maximum absolute atomic E-state index is 6.85. The van der Waals surface area contributed by atoms with Crippen LogP contribution in [0.4, 0.5) is 0 Å². The van der Waals surface area contributed by atoms with Crippen LogP contribution in [0.25, 0.3) is 0 Å². The summed E-state index contributed by atoms with van der Waals surface area (Å²) in [7, 11) is 0. The van der Waals surface area contributed by atoms with Crippen LogP contribution in [0.1, 0.15) is 42.8 Å². The molecule has 4 rings (SSSR count). The minimum absolute atomic E-state index is 0. The van der Waals surface area contributed by atoms with Gasteiger partial charge in [0, 0.05) is 6.20 Å².